The van der Waals surface area contributed by atoms with Crippen LogP contribution in [-0.2, 0) is 42.8 Å². The Labute approximate surface area is 207 Å². The summed E-state index contributed by atoms with van der Waals surface area (Å²) in [5.74, 6) is -1.75. The van der Waals surface area contributed by atoms with Crippen molar-refractivity contribution in [3.63, 3.8) is 0 Å². The number of esters is 3. The smallest absolute Gasteiger partial charge is 0.330 e. The average Bonchev–Trinajstić information content (AvgIpc) is 3.67. The monoisotopic (exact) mass is 494 g/mol. The summed E-state index contributed by atoms with van der Waals surface area (Å²) in [6, 6.07) is 0. The van der Waals surface area contributed by atoms with Gasteiger partial charge in [0.25, 0.3) is 0 Å². The van der Waals surface area contributed by atoms with Crippen LogP contribution >= 0.6 is 0 Å². The van der Waals surface area contributed by atoms with Crippen molar-refractivity contribution in [1.82, 2.24) is 0 Å². The van der Waals surface area contributed by atoms with E-state index in [1.807, 2.05) is 0 Å². The maximum atomic E-state index is 12.7. The molecule has 0 radical (unpaired) electrons. The van der Waals surface area contributed by atoms with Crippen LogP contribution < -0.4 is 0 Å². The molecule has 9 heteroatoms. The average molecular weight is 495 g/mol. The summed E-state index contributed by atoms with van der Waals surface area (Å²) in [6.45, 7) is 10.9. The van der Waals surface area contributed by atoms with E-state index >= 15 is 0 Å². The highest BCUT2D eigenvalue weighted by atomic mass is 16.6. The Kier molecular flexibility index (Phi) is 8.44. The van der Waals surface area contributed by atoms with E-state index in [9.17, 15) is 14.4 Å². The predicted octanol–water partition coefficient (Wildman–Crippen LogP) is 3.05. The predicted molar refractivity (Wildman–Crippen MR) is 125 cm³/mol. The van der Waals surface area contributed by atoms with Crippen LogP contribution in [0.3, 0.4) is 0 Å². The summed E-state index contributed by atoms with van der Waals surface area (Å²) in [7, 11) is 1.62. The maximum Gasteiger partial charge on any atom is 0.330 e. The van der Waals surface area contributed by atoms with E-state index in [2.05, 4.69) is 26.8 Å². The van der Waals surface area contributed by atoms with E-state index in [1.165, 1.54) is 31.6 Å². The molecule has 1 saturated carbocycles. The molecule has 8 atom stereocenters. The van der Waals surface area contributed by atoms with Gasteiger partial charge < -0.3 is 28.4 Å². The second-order valence-corrected chi connectivity index (χ2v) is 10.1. The summed E-state index contributed by atoms with van der Waals surface area (Å²) in [6.07, 6.45) is 4.38. The number of hydrogen-bond donors (Lipinski definition) is 0. The van der Waals surface area contributed by atoms with E-state index in [1.54, 1.807) is 14.0 Å². The van der Waals surface area contributed by atoms with Crippen molar-refractivity contribution in [3.05, 3.63) is 23.8 Å². The van der Waals surface area contributed by atoms with E-state index in [4.69, 9.17) is 28.4 Å². The summed E-state index contributed by atoms with van der Waals surface area (Å²) < 4.78 is 34.1. The van der Waals surface area contributed by atoms with Gasteiger partial charge in [0.1, 0.15) is 29.5 Å². The molecule has 8 unspecified atom stereocenters. The fourth-order valence-electron chi connectivity index (χ4n) is 5.24. The molecule has 0 aromatic carbocycles. The Bertz CT molecular complexity index is 870. The zero-order valence-electron chi connectivity index (χ0n) is 21.7. The van der Waals surface area contributed by atoms with E-state index < -0.39 is 47.9 Å². The lowest BCUT2D eigenvalue weighted by molar-refractivity contribution is -0.167. The molecule has 2 saturated heterocycles. The van der Waals surface area contributed by atoms with Crippen molar-refractivity contribution in [2.75, 3.05) is 13.7 Å². The SMILES string of the molecule is COC1C(OC(=O)C=CC(OC(C)=O)C(C)OC(C)=O)CCC2(CO2)C1C1(C)OC1CC=C(C)C. The van der Waals surface area contributed by atoms with Crippen LogP contribution in [0.4, 0.5) is 0 Å². The van der Waals surface area contributed by atoms with Gasteiger partial charge in [-0.05, 0) is 53.0 Å². The van der Waals surface area contributed by atoms with Gasteiger partial charge in [0.2, 0.25) is 0 Å². The lowest BCUT2D eigenvalue weighted by atomic mass is 9.68. The Balaban J connectivity index is 1.69. The van der Waals surface area contributed by atoms with Crippen LogP contribution in [0.15, 0.2) is 23.8 Å². The normalized spacial score (nSPS) is 35.2. The topological polar surface area (TPSA) is 113 Å². The van der Waals surface area contributed by atoms with Gasteiger partial charge in [0.05, 0.1) is 18.6 Å². The van der Waals surface area contributed by atoms with Gasteiger partial charge >= 0.3 is 17.9 Å². The van der Waals surface area contributed by atoms with Crippen LogP contribution in [0, 0.1) is 5.92 Å². The Hall–Kier alpha value is -2.23. The molecule has 9 nitrogen and oxygen atoms in total. The van der Waals surface area contributed by atoms with Gasteiger partial charge in [-0.2, -0.15) is 0 Å². The van der Waals surface area contributed by atoms with Crippen LogP contribution in [0.5, 0.6) is 0 Å². The van der Waals surface area contributed by atoms with Crippen LogP contribution in [0.1, 0.15) is 60.8 Å². The summed E-state index contributed by atoms with van der Waals surface area (Å²) in [5.41, 5.74) is 0.499. The number of allylic oxidation sites excluding steroid dienone is 1. The fourth-order valence-corrected chi connectivity index (χ4v) is 5.24. The lowest BCUT2D eigenvalue weighted by Gasteiger charge is -2.42. The Morgan fingerprint density at radius 2 is 1.77 bits per heavy atom. The summed E-state index contributed by atoms with van der Waals surface area (Å²) in [4.78, 5) is 35.4. The van der Waals surface area contributed by atoms with Crippen LogP contribution in [0.25, 0.3) is 0 Å². The van der Waals surface area contributed by atoms with E-state index in [0.29, 0.717) is 13.0 Å². The van der Waals surface area contributed by atoms with Crippen LogP contribution in [-0.4, -0.2) is 73.3 Å². The molecule has 3 fully saturated rings. The molecule has 2 heterocycles. The number of carbonyl (C=O) groups is 3. The minimum Gasteiger partial charge on any atom is -0.459 e. The van der Waals surface area contributed by atoms with Gasteiger partial charge in [-0.15, -0.1) is 0 Å². The third kappa shape index (κ3) is 6.51. The third-order valence-electron chi connectivity index (χ3n) is 7.04. The van der Waals surface area contributed by atoms with Crippen LogP contribution in [0.2, 0.25) is 0 Å². The molecule has 1 aliphatic carbocycles. The largest absolute Gasteiger partial charge is 0.459 e. The Morgan fingerprint density at radius 3 is 2.31 bits per heavy atom. The van der Waals surface area contributed by atoms with Crippen molar-refractivity contribution >= 4 is 17.9 Å². The number of methoxy groups -OCH3 is 1. The molecule has 1 spiro atoms. The molecule has 3 aliphatic rings. The molecule has 0 bridgehead atoms. The van der Waals surface area contributed by atoms with Gasteiger partial charge in [-0.1, -0.05) is 11.6 Å². The zero-order valence-corrected chi connectivity index (χ0v) is 21.7. The molecule has 35 heavy (non-hydrogen) atoms. The third-order valence-corrected chi connectivity index (χ3v) is 7.04. The molecule has 0 aromatic rings. The molecular weight excluding hydrogens is 456 g/mol. The minimum atomic E-state index is -0.918. The molecular formula is C26H38O9. The first-order chi connectivity index (χ1) is 16.4. The van der Waals surface area contributed by atoms with Crippen molar-refractivity contribution in [2.24, 2.45) is 5.92 Å². The second-order valence-electron chi connectivity index (χ2n) is 10.1. The molecule has 0 aromatic heterocycles. The van der Waals surface area contributed by atoms with Crippen molar-refractivity contribution in [1.29, 1.82) is 0 Å². The zero-order chi connectivity index (χ0) is 26.0. The summed E-state index contributed by atoms with van der Waals surface area (Å²) in [5, 5.41) is 0. The van der Waals surface area contributed by atoms with Gasteiger partial charge in [-0.25, -0.2) is 4.79 Å². The van der Waals surface area contributed by atoms with Crippen molar-refractivity contribution in [2.45, 2.75) is 103 Å². The molecule has 0 N–H and O–H groups in total. The van der Waals surface area contributed by atoms with Gasteiger partial charge in [-0.3, -0.25) is 9.59 Å². The van der Waals surface area contributed by atoms with Gasteiger partial charge in [0.15, 0.2) is 6.10 Å². The number of hydrogen-bond acceptors (Lipinski definition) is 9. The minimum absolute atomic E-state index is 0.0581. The highest BCUT2D eigenvalue weighted by Gasteiger charge is 2.72. The maximum absolute atomic E-state index is 12.7. The van der Waals surface area contributed by atoms with Gasteiger partial charge in [0, 0.05) is 27.0 Å². The van der Waals surface area contributed by atoms with Crippen molar-refractivity contribution in [3.8, 4) is 0 Å². The highest BCUT2D eigenvalue weighted by molar-refractivity contribution is 5.82. The second kappa shape index (κ2) is 10.8. The molecule has 0 amide bonds. The first-order valence-electron chi connectivity index (χ1n) is 12.1. The first kappa shape index (κ1) is 27.4. The van der Waals surface area contributed by atoms with E-state index in [0.717, 1.165) is 12.8 Å². The number of carbonyl (C=O) groups excluding carboxylic acids is 3. The van der Waals surface area contributed by atoms with E-state index in [-0.39, 0.29) is 17.6 Å². The standard InChI is InChI=1S/C26H38O9/c1-15(2)8-10-21-25(6,35-21)24-23(30-7)20(12-13-26(24)14-31-26)34-22(29)11-9-19(33-18(5)28)16(3)32-17(4)27/h8-9,11,16,19-21,23-24H,10,12-14H2,1-7H3. The highest BCUT2D eigenvalue weighted by Crippen LogP contribution is 2.59. The summed E-state index contributed by atoms with van der Waals surface area (Å²) >= 11 is 0. The molecule has 2 aliphatic heterocycles. The Morgan fingerprint density at radius 1 is 1.11 bits per heavy atom. The number of rotatable bonds is 10. The quantitative estimate of drug-likeness (QED) is 0.149. The number of ether oxygens (including phenoxy) is 6. The molecule has 196 valence electrons. The molecule has 3 rings (SSSR count). The lowest BCUT2D eigenvalue weighted by Crippen LogP contribution is -2.55. The first-order valence-corrected chi connectivity index (χ1v) is 12.1. The fraction of sp³-hybridized carbons (Fsp3) is 0.731. The van der Waals surface area contributed by atoms with Crippen molar-refractivity contribution < 1.29 is 42.8 Å². The number of epoxide rings is 2.